The minimum Gasteiger partial charge on any atom is -0.394 e. The van der Waals surface area contributed by atoms with Crippen molar-refractivity contribution in [3.05, 3.63) is 0 Å². The average Bonchev–Trinajstić information content (AvgIpc) is 4.28. The first-order chi connectivity index (χ1) is 36.3. The van der Waals surface area contributed by atoms with Crippen molar-refractivity contribution in [3.63, 3.8) is 0 Å². The fraction of sp³-hybridized carbons (Fsp3) is 1.00. The highest BCUT2D eigenvalue weighted by molar-refractivity contribution is 5.05. The van der Waals surface area contributed by atoms with E-state index in [2.05, 4.69) is 0 Å². The maximum atomic E-state index is 11.4. The highest BCUT2D eigenvalue weighted by atomic mass is 16.8. The van der Waals surface area contributed by atoms with Crippen molar-refractivity contribution in [2.45, 2.75) is 215 Å². The molecule has 0 aromatic heterocycles. The Labute approximate surface area is 428 Å². The lowest BCUT2D eigenvalue weighted by Crippen LogP contribution is -2.68. The van der Waals surface area contributed by atoms with Gasteiger partial charge in [0.15, 0.2) is 44.0 Å². The molecule has 34 nitrogen and oxygen atoms in total. The number of hydrogen-bond donors (Lipinski definition) is 19. The van der Waals surface area contributed by atoms with E-state index in [9.17, 15) is 97.0 Å². The molecule has 76 heavy (non-hydrogen) atoms. The normalized spacial score (nSPS) is 56.3. The Morgan fingerprint density at radius 1 is 0.158 bits per heavy atom. The first kappa shape index (κ1) is 59.3. The smallest absolute Gasteiger partial charge is 0.187 e. The van der Waals surface area contributed by atoms with Crippen molar-refractivity contribution in [2.24, 2.45) is 0 Å². The third kappa shape index (κ3) is 11.2. The third-order valence-corrected chi connectivity index (χ3v) is 15.0. The monoisotopic (exact) mass is 1120 g/mol. The predicted octanol–water partition coefficient (Wildman–Crippen LogP) is -14.2. The zero-order chi connectivity index (χ0) is 54.8. The molecule has 19 N–H and O–H groups in total. The van der Waals surface area contributed by atoms with Crippen LogP contribution in [0.4, 0.5) is 0 Å². The van der Waals surface area contributed by atoms with Crippen LogP contribution in [0.1, 0.15) is 0 Å². The zero-order valence-corrected chi connectivity index (χ0v) is 39.8. The van der Waals surface area contributed by atoms with E-state index in [0.717, 1.165) is 0 Å². The maximum absolute atomic E-state index is 11.4. The van der Waals surface area contributed by atoms with E-state index in [1.165, 1.54) is 0 Å². The van der Waals surface area contributed by atoms with Crippen molar-refractivity contribution in [1.82, 2.24) is 0 Å². The minimum absolute atomic E-state index is 0.822. The van der Waals surface area contributed by atoms with E-state index in [0.29, 0.717) is 0 Å². The van der Waals surface area contributed by atoms with Gasteiger partial charge in [0.05, 0.1) is 46.2 Å². The molecule has 0 aliphatic carbocycles. The van der Waals surface area contributed by atoms with Crippen LogP contribution in [0.3, 0.4) is 0 Å². The SMILES string of the molecule is OC[C@H]1O[C@@H]2O[C@H]3[C@H](O)[C@@H](O)[C@@H](O[C@H]4[C@H](O)[C@@H](O)[C@@H](O[C@H]5[C@@H]6O[C@H]6[C@@H](O[C@H]6[C@H](O)[C@@H](O)[C@@H](O[C@H]7[C@H](O)[C@@H](O)[C@@H](O[C@H]8[C@H](O)[C@@H](O)[C@@H](O[C@H]1[C@H](O)[C@H]2O)O[C@@H]8CO)O[C@@H]7CO)O[C@@H]6CO)O[C@@H]5CO)O[C@@H]4CO)O[C@@H]3CO. The lowest BCUT2D eigenvalue weighted by Gasteiger charge is -2.50. The highest BCUT2D eigenvalue weighted by Gasteiger charge is 2.63. The molecule has 440 valence electrons. The molecule has 21 fully saturated rings. The summed E-state index contributed by atoms with van der Waals surface area (Å²) in [4.78, 5) is 0. The minimum atomic E-state index is -2.18. The van der Waals surface area contributed by atoms with E-state index in [1.54, 1.807) is 0 Å². The molecule has 14 bridgehead atoms. The van der Waals surface area contributed by atoms with E-state index in [4.69, 9.17) is 71.1 Å². The third-order valence-electron chi connectivity index (χ3n) is 15.0. The number of aliphatic hydroxyl groups is 19. The lowest BCUT2D eigenvalue weighted by molar-refractivity contribution is -0.396. The van der Waals surface area contributed by atoms with Crippen LogP contribution in [-0.2, 0) is 71.1 Å². The van der Waals surface area contributed by atoms with Gasteiger partial charge in [-0.25, -0.2) is 0 Å². The van der Waals surface area contributed by atoms with Crippen LogP contribution in [-0.4, -0.2) is 358 Å². The number of fused-ring (bicyclic) bond motifs is 1. The molecular weight excluding hydrogens is 1050 g/mol. The van der Waals surface area contributed by atoms with Crippen LogP contribution >= 0.6 is 0 Å². The Kier molecular flexibility index (Phi) is 19.2. The summed E-state index contributed by atoms with van der Waals surface area (Å²) < 4.78 is 86.4. The molecule has 34 heteroatoms. The van der Waals surface area contributed by atoms with Gasteiger partial charge in [0.2, 0.25) is 0 Å². The molecule has 21 aliphatic rings. The van der Waals surface area contributed by atoms with Crippen LogP contribution < -0.4 is 0 Å². The summed E-state index contributed by atoms with van der Waals surface area (Å²) in [7, 11) is 0. The van der Waals surface area contributed by atoms with Gasteiger partial charge in [-0.15, -0.1) is 0 Å². The van der Waals surface area contributed by atoms with Gasteiger partial charge in [-0.05, 0) is 0 Å². The van der Waals surface area contributed by atoms with E-state index in [1.807, 2.05) is 0 Å². The number of epoxide rings is 1. The fourth-order valence-corrected chi connectivity index (χ4v) is 10.7. The molecule has 0 radical (unpaired) electrons. The van der Waals surface area contributed by atoms with Crippen molar-refractivity contribution < 1.29 is 168 Å². The Balaban J connectivity index is 0.984. The fourth-order valence-electron chi connectivity index (χ4n) is 10.7. The van der Waals surface area contributed by atoms with Crippen molar-refractivity contribution >= 4 is 0 Å². The predicted molar refractivity (Wildman–Crippen MR) is 225 cm³/mol. The average molecular weight is 1120 g/mol. The van der Waals surface area contributed by atoms with E-state index >= 15 is 0 Å². The molecule has 0 saturated carbocycles. The summed E-state index contributed by atoms with van der Waals surface area (Å²) in [5, 5.41) is 208. The van der Waals surface area contributed by atoms with Gasteiger partial charge in [0.1, 0.15) is 171 Å². The second-order valence-electron chi connectivity index (χ2n) is 19.7. The van der Waals surface area contributed by atoms with Crippen LogP contribution in [0.2, 0.25) is 0 Å². The Morgan fingerprint density at radius 2 is 0.329 bits per heavy atom. The summed E-state index contributed by atoms with van der Waals surface area (Å²) in [6.07, 6.45) is -64.2. The number of hydrogen-bond acceptors (Lipinski definition) is 34. The Bertz CT molecular complexity index is 1840. The molecule has 35 atom stereocenters. The molecule has 0 aromatic rings. The standard InChI is InChI=1S/C42H68O34/c43-1-8-27-15(50)22(57)37(63-8)72-29-10(3-45)65-39(24(59)17(29)52)74-31-12(5-47)67-41(26(61)19(31)54)76-33-14(7-49)68-42(35-34(33)69-35)75-32-13(6-48)66-40(25(60)20(32)55)73-30-11(4-46)64-38(23(58)18(30)53)71-28-9(2-44)62-36(70-27)21(56)16(28)51/h8-61H,1-7H2/t8-,9-,10-,11-,12-,13-,14-,15-,16-,17-,18-,19-,20-,21-,22-,23-,24-,25-,26-,27-,28-,29-,30-,31-,32-,33-,34+,35-,36-,37-,38-,39-,40-,41-,42-/m1/s1. The van der Waals surface area contributed by atoms with Crippen LogP contribution in [0.15, 0.2) is 0 Å². The van der Waals surface area contributed by atoms with Crippen LogP contribution in [0.25, 0.3) is 0 Å². The Morgan fingerprint density at radius 3 is 0.539 bits per heavy atom. The van der Waals surface area contributed by atoms with Gasteiger partial charge in [0.25, 0.3) is 0 Å². The van der Waals surface area contributed by atoms with Gasteiger partial charge in [-0.2, -0.15) is 0 Å². The Hall–Kier alpha value is -1.36. The van der Waals surface area contributed by atoms with E-state index in [-0.39, 0.29) is 0 Å². The first-order valence-corrected chi connectivity index (χ1v) is 24.6. The van der Waals surface area contributed by atoms with Crippen LogP contribution in [0, 0.1) is 0 Å². The molecule has 21 heterocycles. The van der Waals surface area contributed by atoms with Gasteiger partial charge in [-0.3, -0.25) is 0 Å². The molecular formula is C42H68O34. The second-order valence-corrected chi connectivity index (χ2v) is 19.7. The molecule has 0 amide bonds. The zero-order valence-electron chi connectivity index (χ0n) is 39.8. The maximum Gasteiger partial charge on any atom is 0.187 e. The largest absolute Gasteiger partial charge is 0.394 e. The molecule has 0 unspecified atom stereocenters. The lowest BCUT2D eigenvalue weighted by atomic mass is 9.95. The first-order valence-electron chi connectivity index (χ1n) is 24.6. The number of ether oxygens (including phenoxy) is 15. The van der Waals surface area contributed by atoms with Crippen molar-refractivity contribution in [1.29, 1.82) is 0 Å². The highest BCUT2D eigenvalue weighted by Crippen LogP contribution is 2.43. The quantitative estimate of drug-likeness (QED) is 0.105. The summed E-state index contributed by atoms with van der Waals surface area (Å²) >= 11 is 0. The second kappa shape index (κ2) is 24.6. The summed E-state index contributed by atoms with van der Waals surface area (Å²) in [6.45, 7) is -6.76. The number of aliphatic hydroxyl groups excluding tert-OH is 19. The molecule has 0 aromatic carbocycles. The summed E-state index contributed by atoms with van der Waals surface area (Å²) in [6, 6.07) is 0. The molecule has 0 spiro atoms. The topological polar surface area (TPSA) is 526 Å². The van der Waals surface area contributed by atoms with Crippen molar-refractivity contribution in [3.8, 4) is 0 Å². The molecule has 21 aliphatic heterocycles. The summed E-state index contributed by atoms with van der Waals surface area (Å²) in [5.74, 6) is 0. The van der Waals surface area contributed by atoms with E-state index < -0.39 is 261 Å². The summed E-state index contributed by atoms with van der Waals surface area (Å²) in [5.41, 5.74) is 0. The molecule has 21 rings (SSSR count). The van der Waals surface area contributed by atoms with Gasteiger partial charge >= 0.3 is 0 Å². The molecule has 21 saturated heterocycles. The van der Waals surface area contributed by atoms with Gasteiger partial charge < -0.3 is 168 Å². The van der Waals surface area contributed by atoms with Gasteiger partial charge in [-0.1, -0.05) is 0 Å². The van der Waals surface area contributed by atoms with Crippen molar-refractivity contribution in [2.75, 3.05) is 46.2 Å². The van der Waals surface area contributed by atoms with Crippen LogP contribution in [0.5, 0.6) is 0 Å². The van der Waals surface area contributed by atoms with Gasteiger partial charge in [0, 0.05) is 0 Å². The number of rotatable bonds is 7.